The summed E-state index contributed by atoms with van der Waals surface area (Å²) in [7, 11) is -1.78. The number of carbonyl (C=O) groups excluding carboxylic acids is 1. The minimum absolute atomic E-state index is 0. The Labute approximate surface area is 123 Å². The Kier molecular flexibility index (Phi) is 7.16. The number of aliphatic hydroxyl groups excluding tert-OH is 1. The number of hydrogen-bond donors (Lipinski definition) is 1. The Morgan fingerprint density at radius 3 is 1.78 bits per heavy atom. The van der Waals surface area contributed by atoms with Gasteiger partial charge in [-0.05, 0) is 33.5 Å². The van der Waals surface area contributed by atoms with Crippen LogP contribution in [0.25, 0.3) is 0 Å². The van der Waals surface area contributed by atoms with Crippen molar-refractivity contribution < 1.29 is 31.4 Å². The van der Waals surface area contributed by atoms with Crippen molar-refractivity contribution in [3.8, 4) is 0 Å². The smallest absolute Gasteiger partial charge is 0.189 e. The predicted octanol–water partition coefficient (Wildman–Crippen LogP) is 3.67. The Morgan fingerprint density at radius 1 is 1.11 bits per heavy atom. The standard InChI is InChI=1S/C13H26O3Si.Cu/c1-12(2,3)10(14)9-11(15)13(4,5)16-17(6,7)8;/h9,14H,1-8H3;. The molecule has 0 aromatic heterocycles. The number of hydrogen-bond acceptors (Lipinski definition) is 3. The number of ketones is 1. The normalized spacial score (nSPS) is 14.1. The predicted molar refractivity (Wildman–Crippen MR) is 73.7 cm³/mol. The van der Waals surface area contributed by atoms with E-state index in [1.54, 1.807) is 13.8 Å². The molecule has 0 aromatic carbocycles. The SMILES string of the molecule is CC(C)(C)C(O)=CC(=O)C(C)(C)O[Si](C)(C)C.[Cu]. The molecule has 0 spiro atoms. The molecule has 0 fully saturated rings. The van der Waals surface area contributed by atoms with Gasteiger partial charge in [-0.25, -0.2) is 0 Å². The van der Waals surface area contributed by atoms with Gasteiger partial charge in [-0.3, -0.25) is 4.79 Å². The molecule has 0 unspecified atom stereocenters. The molecule has 1 radical (unpaired) electrons. The maximum atomic E-state index is 12.1. The molecule has 0 bridgehead atoms. The molecule has 18 heavy (non-hydrogen) atoms. The van der Waals surface area contributed by atoms with Crippen LogP contribution in [0.3, 0.4) is 0 Å². The molecule has 5 heteroatoms. The summed E-state index contributed by atoms with van der Waals surface area (Å²) in [6.07, 6.45) is 1.29. The van der Waals surface area contributed by atoms with Gasteiger partial charge in [0.15, 0.2) is 14.1 Å². The summed E-state index contributed by atoms with van der Waals surface area (Å²) in [5.74, 6) is -0.0953. The number of allylic oxidation sites excluding steroid dienone is 1. The molecule has 111 valence electrons. The Balaban J connectivity index is 0. The molecule has 0 aliphatic heterocycles. The zero-order valence-corrected chi connectivity index (χ0v) is 14.6. The molecule has 3 nitrogen and oxygen atoms in total. The monoisotopic (exact) mass is 321 g/mol. The minimum Gasteiger partial charge on any atom is -0.512 e. The van der Waals surface area contributed by atoms with E-state index in [1.165, 1.54) is 6.08 Å². The topological polar surface area (TPSA) is 46.5 Å². The van der Waals surface area contributed by atoms with Crippen molar-refractivity contribution in [1.29, 1.82) is 0 Å². The van der Waals surface area contributed by atoms with Crippen LogP contribution in [0.4, 0.5) is 0 Å². The second-order valence-electron chi connectivity index (χ2n) is 6.87. The molecule has 0 amide bonds. The van der Waals surface area contributed by atoms with Crippen LogP contribution in [0.5, 0.6) is 0 Å². The average molecular weight is 322 g/mol. The van der Waals surface area contributed by atoms with Gasteiger partial charge in [0.2, 0.25) is 0 Å². The van der Waals surface area contributed by atoms with Crippen molar-refractivity contribution in [3.05, 3.63) is 11.8 Å². The molecule has 0 rings (SSSR count). The summed E-state index contributed by atoms with van der Waals surface area (Å²) in [6, 6.07) is 0. The summed E-state index contributed by atoms with van der Waals surface area (Å²) in [5, 5.41) is 9.81. The Bertz CT molecular complexity index is 322. The van der Waals surface area contributed by atoms with Crippen molar-refractivity contribution >= 4 is 14.1 Å². The summed E-state index contributed by atoms with van der Waals surface area (Å²) in [4.78, 5) is 12.1. The number of rotatable bonds is 4. The van der Waals surface area contributed by atoms with E-state index in [2.05, 4.69) is 0 Å². The van der Waals surface area contributed by atoms with E-state index < -0.39 is 19.3 Å². The summed E-state index contributed by atoms with van der Waals surface area (Å²) in [5.41, 5.74) is -1.28. The van der Waals surface area contributed by atoms with Crippen LogP contribution in [-0.2, 0) is 26.3 Å². The van der Waals surface area contributed by atoms with Crippen LogP contribution >= 0.6 is 0 Å². The largest absolute Gasteiger partial charge is 0.512 e. The van der Waals surface area contributed by atoms with Crippen molar-refractivity contribution in [3.63, 3.8) is 0 Å². The van der Waals surface area contributed by atoms with Gasteiger partial charge in [-0.1, -0.05) is 20.8 Å². The van der Waals surface area contributed by atoms with Crippen LogP contribution in [0.2, 0.25) is 19.6 Å². The summed E-state index contributed by atoms with van der Waals surface area (Å²) < 4.78 is 5.83. The second kappa shape index (κ2) is 6.37. The van der Waals surface area contributed by atoms with Gasteiger partial charge in [0, 0.05) is 28.6 Å². The fraction of sp³-hybridized carbons (Fsp3) is 0.769. The summed E-state index contributed by atoms with van der Waals surface area (Å²) in [6.45, 7) is 15.2. The molecule has 1 N–H and O–H groups in total. The Morgan fingerprint density at radius 2 is 1.50 bits per heavy atom. The van der Waals surface area contributed by atoms with Gasteiger partial charge in [-0.15, -0.1) is 0 Å². The fourth-order valence-electron chi connectivity index (χ4n) is 1.33. The molecule has 0 atom stereocenters. The van der Waals surface area contributed by atoms with Gasteiger partial charge in [0.1, 0.15) is 11.4 Å². The third-order valence-electron chi connectivity index (χ3n) is 2.19. The third-order valence-corrected chi connectivity index (χ3v) is 3.31. The summed E-state index contributed by atoms with van der Waals surface area (Å²) >= 11 is 0. The van der Waals surface area contributed by atoms with E-state index in [1.807, 2.05) is 40.4 Å². The first-order valence-electron chi connectivity index (χ1n) is 5.91. The van der Waals surface area contributed by atoms with Gasteiger partial charge in [-0.2, -0.15) is 0 Å². The first-order chi connectivity index (χ1) is 7.26. The van der Waals surface area contributed by atoms with Crippen LogP contribution in [0, 0.1) is 5.41 Å². The Hall–Kier alpha value is -0.0936. The molecule has 0 saturated carbocycles. The van der Waals surface area contributed by atoms with E-state index in [9.17, 15) is 9.90 Å². The minimum atomic E-state index is -1.78. The van der Waals surface area contributed by atoms with Crippen molar-refractivity contribution in [2.75, 3.05) is 0 Å². The molecule has 0 aromatic rings. The van der Waals surface area contributed by atoms with Crippen molar-refractivity contribution in [2.24, 2.45) is 5.41 Å². The zero-order valence-electron chi connectivity index (χ0n) is 12.6. The van der Waals surface area contributed by atoms with Crippen LogP contribution < -0.4 is 0 Å². The number of carbonyl (C=O) groups is 1. The maximum Gasteiger partial charge on any atom is 0.189 e. The first-order valence-corrected chi connectivity index (χ1v) is 9.32. The fourth-order valence-corrected chi connectivity index (χ4v) is 2.96. The van der Waals surface area contributed by atoms with E-state index >= 15 is 0 Å². The quantitative estimate of drug-likeness (QED) is 0.488. The maximum absolute atomic E-state index is 12.1. The molecule has 0 saturated heterocycles. The molecule has 0 aliphatic rings. The van der Waals surface area contributed by atoms with E-state index in [0.717, 1.165) is 0 Å². The van der Waals surface area contributed by atoms with E-state index in [0.29, 0.717) is 0 Å². The van der Waals surface area contributed by atoms with Gasteiger partial charge < -0.3 is 9.53 Å². The van der Waals surface area contributed by atoms with Crippen molar-refractivity contribution in [1.82, 2.24) is 0 Å². The molecular weight excluding hydrogens is 296 g/mol. The zero-order chi connectivity index (χ0) is 14.1. The molecular formula is C13H26CuO3Si. The molecule has 0 aliphatic carbocycles. The van der Waals surface area contributed by atoms with Gasteiger partial charge in [0.05, 0.1) is 0 Å². The van der Waals surface area contributed by atoms with Crippen LogP contribution in [-0.4, -0.2) is 24.8 Å². The molecule has 0 heterocycles. The van der Waals surface area contributed by atoms with Crippen molar-refractivity contribution in [2.45, 2.75) is 59.9 Å². The van der Waals surface area contributed by atoms with E-state index in [4.69, 9.17) is 4.43 Å². The third kappa shape index (κ3) is 7.37. The van der Waals surface area contributed by atoms with Gasteiger partial charge in [0.25, 0.3) is 0 Å². The number of aliphatic hydroxyl groups is 1. The van der Waals surface area contributed by atoms with Crippen LogP contribution in [0.1, 0.15) is 34.6 Å². The van der Waals surface area contributed by atoms with Gasteiger partial charge >= 0.3 is 0 Å². The van der Waals surface area contributed by atoms with Crippen LogP contribution in [0.15, 0.2) is 11.8 Å². The first kappa shape index (κ1) is 20.2. The van der Waals surface area contributed by atoms with E-state index in [-0.39, 0.29) is 28.6 Å². The second-order valence-corrected chi connectivity index (χ2v) is 11.3. The average Bonchev–Trinajstić information content (AvgIpc) is 1.96.